The largest absolute Gasteiger partial charge is 0.378 e. The van der Waals surface area contributed by atoms with E-state index < -0.39 is 0 Å². The Morgan fingerprint density at radius 3 is 2.68 bits per heavy atom. The van der Waals surface area contributed by atoms with Gasteiger partial charge in [0.1, 0.15) is 5.82 Å². The Bertz CT molecular complexity index is 444. The molecule has 1 heterocycles. The molecule has 0 radical (unpaired) electrons. The lowest BCUT2D eigenvalue weighted by molar-refractivity contribution is -0.00871. The zero-order chi connectivity index (χ0) is 14.0. The van der Waals surface area contributed by atoms with Gasteiger partial charge in [-0.15, -0.1) is 5.10 Å². The molecule has 6 heteroatoms. The SMILES string of the molecule is CCOC1CC(NC(=O)c2n[nH]c(C(C)(C)C)n2)C1. The molecule has 0 spiro atoms. The van der Waals surface area contributed by atoms with Crippen LogP contribution in [0.2, 0.25) is 0 Å². The molecule has 1 aromatic heterocycles. The fourth-order valence-corrected chi connectivity index (χ4v) is 2.00. The van der Waals surface area contributed by atoms with E-state index in [4.69, 9.17) is 4.74 Å². The highest BCUT2D eigenvalue weighted by Crippen LogP contribution is 2.23. The first kappa shape index (κ1) is 14.0. The number of hydrogen-bond donors (Lipinski definition) is 2. The lowest BCUT2D eigenvalue weighted by Gasteiger charge is -2.34. The number of carbonyl (C=O) groups is 1. The Hall–Kier alpha value is -1.43. The Morgan fingerprint density at radius 2 is 2.16 bits per heavy atom. The maximum atomic E-state index is 12.0. The molecule has 2 rings (SSSR count). The Morgan fingerprint density at radius 1 is 1.47 bits per heavy atom. The number of aromatic nitrogens is 3. The summed E-state index contributed by atoms with van der Waals surface area (Å²) in [6.45, 7) is 8.77. The summed E-state index contributed by atoms with van der Waals surface area (Å²) in [6.07, 6.45) is 2.03. The number of amides is 1. The number of H-pyrrole nitrogens is 1. The third-order valence-corrected chi connectivity index (χ3v) is 3.23. The van der Waals surface area contributed by atoms with Gasteiger partial charge in [0.05, 0.1) is 6.10 Å². The molecule has 1 aromatic rings. The highest BCUT2D eigenvalue weighted by Gasteiger charge is 2.32. The van der Waals surface area contributed by atoms with E-state index in [0.717, 1.165) is 25.3 Å². The van der Waals surface area contributed by atoms with E-state index in [1.165, 1.54) is 0 Å². The topological polar surface area (TPSA) is 79.9 Å². The smallest absolute Gasteiger partial charge is 0.291 e. The number of aromatic amines is 1. The van der Waals surface area contributed by atoms with Crippen LogP contribution in [0.15, 0.2) is 0 Å². The van der Waals surface area contributed by atoms with Crippen molar-refractivity contribution in [2.75, 3.05) is 6.61 Å². The number of nitrogens with zero attached hydrogens (tertiary/aromatic N) is 2. The quantitative estimate of drug-likeness (QED) is 0.863. The first-order valence-electron chi connectivity index (χ1n) is 6.75. The molecule has 0 aliphatic heterocycles. The van der Waals surface area contributed by atoms with Gasteiger partial charge in [-0.1, -0.05) is 20.8 Å². The predicted molar refractivity (Wildman–Crippen MR) is 71.0 cm³/mol. The van der Waals surface area contributed by atoms with Gasteiger partial charge in [0.25, 0.3) is 5.91 Å². The van der Waals surface area contributed by atoms with Gasteiger partial charge in [-0.25, -0.2) is 4.98 Å². The van der Waals surface area contributed by atoms with Crippen molar-refractivity contribution in [1.82, 2.24) is 20.5 Å². The molecule has 19 heavy (non-hydrogen) atoms. The monoisotopic (exact) mass is 266 g/mol. The lowest BCUT2D eigenvalue weighted by atomic mass is 9.89. The summed E-state index contributed by atoms with van der Waals surface area (Å²) in [6, 6.07) is 0.181. The Kier molecular flexibility index (Phi) is 3.89. The number of ether oxygens (including phenoxy) is 1. The minimum absolute atomic E-state index is 0.137. The van der Waals surface area contributed by atoms with Crippen molar-refractivity contribution >= 4 is 5.91 Å². The molecule has 0 aromatic carbocycles. The molecule has 0 unspecified atom stereocenters. The third kappa shape index (κ3) is 3.32. The number of carbonyl (C=O) groups excluding carboxylic acids is 1. The molecule has 0 atom stereocenters. The molecule has 1 aliphatic rings. The van der Waals surface area contributed by atoms with Crippen molar-refractivity contribution in [1.29, 1.82) is 0 Å². The van der Waals surface area contributed by atoms with E-state index >= 15 is 0 Å². The molecule has 1 amide bonds. The van der Waals surface area contributed by atoms with Gasteiger partial charge in [-0.2, -0.15) is 0 Å². The fraction of sp³-hybridized carbons (Fsp3) is 0.769. The van der Waals surface area contributed by atoms with Crippen molar-refractivity contribution < 1.29 is 9.53 Å². The first-order chi connectivity index (χ1) is 8.90. The van der Waals surface area contributed by atoms with E-state index in [0.29, 0.717) is 0 Å². The molecular weight excluding hydrogens is 244 g/mol. The highest BCUT2D eigenvalue weighted by molar-refractivity contribution is 5.90. The van der Waals surface area contributed by atoms with Crippen LogP contribution in [0.3, 0.4) is 0 Å². The molecule has 1 aliphatic carbocycles. The molecule has 1 fully saturated rings. The number of nitrogens with one attached hydrogen (secondary N) is 2. The van der Waals surface area contributed by atoms with Crippen molar-refractivity contribution in [2.45, 2.75) is 58.1 Å². The van der Waals surface area contributed by atoms with Crippen LogP contribution >= 0.6 is 0 Å². The first-order valence-corrected chi connectivity index (χ1v) is 6.75. The van der Waals surface area contributed by atoms with Crippen LogP contribution in [0, 0.1) is 0 Å². The van der Waals surface area contributed by atoms with Crippen LogP contribution in [-0.4, -0.2) is 39.8 Å². The average molecular weight is 266 g/mol. The van der Waals surface area contributed by atoms with Crippen molar-refractivity contribution in [3.63, 3.8) is 0 Å². The van der Waals surface area contributed by atoms with Crippen LogP contribution in [-0.2, 0) is 10.2 Å². The molecule has 0 bridgehead atoms. The van der Waals surface area contributed by atoms with E-state index in [-0.39, 0.29) is 29.3 Å². The minimum Gasteiger partial charge on any atom is -0.378 e. The molecule has 106 valence electrons. The van der Waals surface area contributed by atoms with E-state index in [9.17, 15) is 4.79 Å². The zero-order valence-corrected chi connectivity index (χ0v) is 12.0. The lowest BCUT2D eigenvalue weighted by Crippen LogP contribution is -2.48. The van der Waals surface area contributed by atoms with Crippen molar-refractivity contribution in [2.24, 2.45) is 0 Å². The van der Waals surface area contributed by atoms with Crippen LogP contribution < -0.4 is 5.32 Å². The van der Waals surface area contributed by atoms with E-state index in [1.54, 1.807) is 0 Å². The summed E-state index contributed by atoms with van der Waals surface area (Å²) in [4.78, 5) is 16.2. The van der Waals surface area contributed by atoms with Crippen LogP contribution in [0.25, 0.3) is 0 Å². The molecular formula is C13H22N4O2. The summed E-state index contributed by atoms with van der Waals surface area (Å²) >= 11 is 0. The number of rotatable bonds is 4. The van der Waals surface area contributed by atoms with Crippen LogP contribution in [0.1, 0.15) is 57.0 Å². The normalized spacial score (nSPS) is 22.9. The second kappa shape index (κ2) is 5.28. The van der Waals surface area contributed by atoms with E-state index in [2.05, 4.69) is 20.5 Å². The third-order valence-electron chi connectivity index (χ3n) is 3.23. The summed E-state index contributed by atoms with van der Waals surface area (Å²) in [5.74, 6) is 0.718. The van der Waals surface area contributed by atoms with Crippen molar-refractivity contribution in [3.8, 4) is 0 Å². The van der Waals surface area contributed by atoms with Gasteiger partial charge >= 0.3 is 0 Å². The second-order valence-corrected chi connectivity index (χ2v) is 5.98. The second-order valence-electron chi connectivity index (χ2n) is 5.98. The molecule has 6 nitrogen and oxygen atoms in total. The van der Waals surface area contributed by atoms with Gasteiger partial charge < -0.3 is 10.1 Å². The van der Waals surface area contributed by atoms with Gasteiger partial charge in [0, 0.05) is 18.1 Å². The summed E-state index contributed by atoms with van der Waals surface area (Å²) < 4.78 is 5.46. The average Bonchev–Trinajstić information content (AvgIpc) is 2.74. The van der Waals surface area contributed by atoms with Gasteiger partial charge in [-0.3, -0.25) is 9.89 Å². The maximum Gasteiger partial charge on any atom is 0.291 e. The maximum absolute atomic E-state index is 12.0. The van der Waals surface area contributed by atoms with Crippen LogP contribution in [0.5, 0.6) is 0 Å². The number of hydrogen-bond acceptors (Lipinski definition) is 4. The fourth-order valence-electron chi connectivity index (χ4n) is 2.00. The zero-order valence-electron chi connectivity index (χ0n) is 12.0. The molecule has 2 N–H and O–H groups in total. The van der Waals surface area contributed by atoms with Gasteiger partial charge in [0.2, 0.25) is 5.82 Å². The standard InChI is InChI=1S/C13H22N4O2/c1-5-19-9-6-8(7-9)14-11(18)10-15-12(17-16-10)13(2,3)4/h8-9H,5-7H2,1-4H3,(H,14,18)(H,15,16,17). The minimum atomic E-state index is -0.216. The van der Waals surface area contributed by atoms with Crippen molar-refractivity contribution in [3.05, 3.63) is 11.6 Å². The van der Waals surface area contributed by atoms with Crippen LogP contribution in [0.4, 0.5) is 0 Å². The molecule has 1 saturated carbocycles. The molecule has 0 saturated heterocycles. The van der Waals surface area contributed by atoms with Gasteiger partial charge in [-0.05, 0) is 19.8 Å². The Balaban J connectivity index is 1.86. The summed E-state index contributed by atoms with van der Waals surface area (Å²) in [7, 11) is 0. The highest BCUT2D eigenvalue weighted by atomic mass is 16.5. The Labute approximate surface area is 113 Å². The van der Waals surface area contributed by atoms with Gasteiger partial charge in [0.15, 0.2) is 0 Å². The summed E-state index contributed by atoms with van der Waals surface area (Å²) in [5.41, 5.74) is -0.137. The van der Waals surface area contributed by atoms with E-state index in [1.807, 2.05) is 27.7 Å². The predicted octanol–water partition coefficient (Wildman–Crippen LogP) is 1.40. The summed E-state index contributed by atoms with van der Waals surface area (Å²) in [5, 5.41) is 9.71.